The van der Waals surface area contributed by atoms with Gasteiger partial charge in [0.2, 0.25) is 5.89 Å². The summed E-state index contributed by atoms with van der Waals surface area (Å²) in [5.41, 5.74) is 2.07. The van der Waals surface area contributed by atoms with E-state index in [1.54, 1.807) is 6.20 Å². The van der Waals surface area contributed by atoms with Gasteiger partial charge in [0.1, 0.15) is 0 Å². The molecule has 1 aliphatic heterocycles. The van der Waals surface area contributed by atoms with Crippen LogP contribution in [0.25, 0.3) is 11.0 Å². The van der Waals surface area contributed by atoms with Crippen LogP contribution in [-0.2, 0) is 0 Å². The highest BCUT2D eigenvalue weighted by atomic mass is 16.5. The van der Waals surface area contributed by atoms with Crippen molar-refractivity contribution >= 4 is 16.9 Å². The van der Waals surface area contributed by atoms with E-state index in [9.17, 15) is 4.79 Å². The van der Waals surface area contributed by atoms with E-state index in [-0.39, 0.29) is 17.9 Å². The van der Waals surface area contributed by atoms with Crippen molar-refractivity contribution in [1.82, 2.24) is 30.2 Å². The topological polar surface area (TPSA) is 101 Å². The van der Waals surface area contributed by atoms with Gasteiger partial charge in [-0.15, -0.1) is 0 Å². The Labute approximate surface area is 144 Å². The summed E-state index contributed by atoms with van der Waals surface area (Å²) in [5.74, 6) is 1.30. The zero-order valence-electron chi connectivity index (χ0n) is 14.5. The highest BCUT2D eigenvalue weighted by Gasteiger charge is 2.34. The number of rotatable bonds is 3. The predicted octanol–water partition coefficient (Wildman–Crippen LogP) is 2.75. The molecule has 0 radical (unpaired) electrons. The molecule has 1 atom stereocenters. The molecule has 4 rings (SSSR count). The summed E-state index contributed by atoms with van der Waals surface area (Å²) in [5, 5.41) is 11.9. The van der Waals surface area contributed by atoms with E-state index in [0.29, 0.717) is 29.5 Å². The van der Waals surface area contributed by atoms with Crippen LogP contribution in [0.1, 0.15) is 66.4 Å². The number of hydrogen-bond acceptors (Lipinski definition) is 6. The molecule has 25 heavy (non-hydrogen) atoms. The number of carbonyl (C=O) groups excluding carboxylic acids is 1. The fourth-order valence-corrected chi connectivity index (χ4v) is 3.20. The molecule has 0 saturated carbocycles. The minimum atomic E-state index is -0.148. The van der Waals surface area contributed by atoms with Crippen molar-refractivity contribution in [2.45, 2.75) is 45.6 Å². The maximum atomic E-state index is 13.0. The molecule has 3 aromatic heterocycles. The Kier molecular flexibility index (Phi) is 3.74. The number of amides is 1. The minimum Gasteiger partial charge on any atom is -0.339 e. The van der Waals surface area contributed by atoms with E-state index >= 15 is 0 Å². The number of nitrogens with one attached hydrogen (secondary N) is 1. The molecule has 1 aliphatic rings. The number of aryl methyl sites for hydroxylation is 1. The van der Waals surface area contributed by atoms with Crippen LogP contribution in [0, 0.1) is 6.92 Å². The number of aromatic amines is 1. The summed E-state index contributed by atoms with van der Waals surface area (Å²) in [6.07, 6.45) is 3.34. The van der Waals surface area contributed by atoms with Gasteiger partial charge in [0.25, 0.3) is 5.91 Å². The second kappa shape index (κ2) is 5.94. The average molecular weight is 340 g/mol. The van der Waals surface area contributed by atoms with E-state index in [1.807, 2.05) is 31.7 Å². The van der Waals surface area contributed by atoms with E-state index in [4.69, 9.17) is 4.52 Å². The van der Waals surface area contributed by atoms with Gasteiger partial charge in [0.15, 0.2) is 11.5 Å². The van der Waals surface area contributed by atoms with Crippen LogP contribution in [0.15, 0.2) is 16.8 Å². The number of H-pyrrole nitrogens is 1. The molecular weight excluding hydrogens is 320 g/mol. The van der Waals surface area contributed by atoms with Crippen molar-refractivity contribution in [2.24, 2.45) is 0 Å². The first-order valence-corrected chi connectivity index (χ1v) is 8.50. The van der Waals surface area contributed by atoms with Crippen LogP contribution in [0.2, 0.25) is 0 Å². The lowest BCUT2D eigenvalue weighted by Crippen LogP contribution is -2.31. The maximum absolute atomic E-state index is 13.0. The molecule has 8 nitrogen and oxygen atoms in total. The van der Waals surface area contributed by atoms with E-state index < -0.39 is 0 Å². The molecule has 3 aromatic rings. The third-order valence-corrected chi connectivity index (χ3v) is 4.61. The van der Waals surface area contributed by atoms with Gasteiger partial charge < -0.3 is 9.42 Å². The number of hydrogen-bond donors (Lipinski definition) is 1. The lowest BCUT2D eigenvalue weighted by Gasteiger charge is -2.22. The van der Waals surface area contributed by atoms with Gasteiger partial charge in [0.05, 0.1) is 11.6 Å². The number of likely N-dealkylation sites (tertiary alicyclic amines) is 1. The number of nitrogens with zero attached hydrogens (tertiary/aromatic N) is 5. The Balaban J connectivity index is 1.63. The predicted molar refractivity (Wildman–Crippen MR) is 90.0 cm³/mol. The zero-order valence-corrected chi connectivity index (χ0v) is 14.5. The third kappa shape index (κ3) is 2.67. The minimum absolute atomic E-state index is 0.0617. The maximum Gasteiger partial charge on any atom is 0.256 e. The van der Waals surface area contributed by atoms with Crippen LogP contribution >= 0.6 is 0 Å². The summed E-state index contributed by atoms with van der Waals surface area (Å²) >= 11 is 0. The van der Waals surface area contributed by atoms with Gasteiger partial charge in [-0.1, -0.05) is 19.0 Å². The van der Waals surface area contributed by atoms with Crippen LogP contribution in [-0.4, -0.2) is 42.7 Å². The molecule has 8 heteroatoms. The van der Waals surface area contributed by atoms with E-state index in [2.05, 4.69) is 25.3 Å². The summed E-state index contributed by atoms with van der Waals surface area (Å²) < 4.78 is 5.31. The van der Waals surface area contributed by atoms with Crippen molar-refractivity contribution in [2.75, 3.05) is 6.54 Å². The SMILES string of the molecule is Cc1[nH]nc2ncc(C(=O)N3CCC[C@@H]3c3noc(C(C)C)n3)cc12. The molecular formula is C17H20N6O2. The molecule has 130 valence electrons. The van der Waals surface area contributed by atoms with Crippen molar-refractivity contribution in [3.63, 3.8) is 0 Å². The number of pyridine rings is 1. The Hall–Kier alpha value is -2.77. The first-order chi connectivity index (χ1) is 12.0. The Morgan fingerprint density at radius 1 is 1.44 bits per heavy atom. The highest BCUT2D eigenvalue weighted by molar-refractivity contribution is 5.97. The molecule has 1 amide bonds. The summed E-state index contributed by atoms with van der Waals surface area (Å²) in [6, 6.07) is 1.69. The molecule has 1 saturated heterocycles. The molecule has 0 spiro atoms. The van der Waals surface area contributed by atoms with Crippen LogP contribution in [0.4, 0.5) is 0 Å². The van der Waals surface area contributed by atoms with Gasteiger partial charge in [-0.2, -0.15) is 10.1 Å². The molecule has 0 aromatic carbocycles. The Bertz CT molecular complexity index is 928. The van der Waals surface area contributed by atoms with Gasteiger partial charge in [-0.3, -0.25) is 9.89 Å². The zero-order chi connectivity index (χ0) is 17.6. The fraction of sp³-hybridized carbons (Fsp3) is 0.471. The smallest absolute Gasteiger partial charge is 0.256 e. The monoisotopic (exact) mass is 340 g/mol. The summed E-state index contributed by atoms with van der Waals surface area (Å²) in [6.45, 7) is 6.60. The first-order valence-electron chi connectivity index (χ1n) is 8.50. The fourth-order valence-electron chi connectivity index (χ4n) is 3.20. The quantitative estimate of drug-likeness (QED) is 0.787. The standard InChI is InChI=1S/C17H20N6O2/c1-9(2)16-19-15(22-25-16)13-5-4-6-23(13)17(24)11-7-12-10(3)20-21-14(12)18-8-11/h7-9,13H,4-6H2,1-3H3,(H,18,20,21)/t13-/m1/s1. The molecule has 0 unspecified atom stereocenters. The van der Waals surface area contributed by atoms with Gasteiger partial charge in [-0.25, -0.2) is 4.98 Å². The van der Waals surface area contributed by atoms with Crippen LogP contribution in [0.5, 0.6) is 0 Å². The van der Waals surface area contributed by atoms with Crippen molar-refractivity contribution in [3.05, 3.63) is 35.2 Å². The Morgan fingerprint density at radius 2 is 2.28 bits per heavy atom. The van der Waals surface area contributed by atoms with Crippen molar-refractivity contribution in [1.29, 1.82) is 0 Å². The number of carbonyl (C=O) groups is 1. The van der Waals surface area contributed by atoms with Crippen molar-refractivity contribution in [3.8, 4) is 0 Å². The van der Waals surface area contributed by atoms with E-state index in [1.165, 1.54) is 0 Å². The molecule has 0 bridgehead atoms. The number of aromatic nitrogens is 5. The molecule has 4 heterocycles. The largest absolute Gasteiger partial charge is 0.339 e. The summed E-state index contributed by atoms with van der Waals surface area (Å²) in [7, 11) is 0. The lowest BCUT2D eigenvalue weighted by atomic mass is 10.1. The molecule has 0 aliphatic carbocycles. The number of fused-ring (bicyclic) bond motifs is 1. The third-order valence-electron chi connectivity index (χ3n) is 4.61. The van der Waals surface area contributed by atoms with Gasteiger partial charge in [-0.05, 0) is 25.8 Å². The molecule has 1 fully saturated rings. The van der Waals surface area contributed by atoms with Gasteiger partial charge >= 0.3 is 0 Å². The average Bonchev–Trinajstić information content (AvgIpc) is 3.33. The lowest BCUT2D eigenvalue weighted by molar-refractivity contribution is 0.0728. The Morgan fingerprint density at radius 3 is 3.04 bits per heavy atom. The first kappa shape index (κ1) is 15.7. The highest BCUT2D eigenvalue weighted by Crippen LogP contribution is 2.32. The van der Waals surface area contributed by atoms with Crippen molar-refractivity contribution < 1.29 is 9.32 Å². The van der Waals surface area contributed by atoms with E-state index in [0.717, 1.165) is 23.9 Å². The van der Waals surface area contributed by atoms with Crippen LogP contribution < -0.4 is 0 Å². The second-order valence-electron chi connectivity index (χ2n) is 6.75. The second-order valence-corrected chi connectivity index (χ2v) is 6.75. The summed E-state index contributed by atoms with van der Waals surface area (Å²) in [4.78, 5) is 23.6. The molecule has 1 N–H and O–H groups in total. The van der Waals surface area contributed by atoms with Gasteiger partial charge in [0, 0.05) is 29.7 Å². The van der Waals surface area contributed by atoms with Crippen LogP contribution in [0.3, 0.4) is 0 Å². The normalized spacial score (nSPS) is 17.8.